The van der Waals surface area contributed by atoms with E-state index in [1.165, 1.54) is 11.1 Å². The van der Waals surface area contributed by atoms with Crippen LogP contribution in [-0.2, 0) is 5.54 Å². The minimum absolute atomic E-state index is 0.115. The largest absolute Gasteiger partial charge is 0.328 e. The lowest BCUT2D eigenvalue weighted by Gasteiger charge is -2.35. The zero-order valence-electron chi connectivity index (χ0n) is 12.2. The van der Waals surface area contributed by atoms with Crippen LogP contribution in [-0.4, -0.2) is 16.1 Å². The molecule has 0 saturated heterocycles. The van der Waals surface area contributed by atoms with Crippen LogP contribution in [0.1, 0.15) is 26.3 Å². The first-order chi connectivity index (χ1) is 8.99. The molecule has 1 unspecified atom stereocenters. The molecule has 1 aromatic heterocycles. The molecule has 0 amide bonds. The van der Waals surface area contributed by atoms with Gasteiger partial charge in [0.1, 0.15) is 0 Å². The zero-order valence-corrected chi connectivity index (χ0v) is 12.2. The molecular weight excluding hydrogens is 234 g/mol. The van der Waals surface area contributed by atoms with Gasteiger partial charge in [-0.25, -0.2) is 4.98 Å². The molecule has 0 aliphatic rings. The summed E-state index contributed by atoms with van der Waals surface area (Å²) in [5.74, 6) is 0.440. The van der Waals surface area contributed by atoms with Crippen molar-refractivity contribution < 1.29 is 0 Å². The van der Waals surface area contributed by atoms with Crippen molar-refractivity contribution in [3.8, 4) is 11.3 Å². The molecule has 3 heteroatoms. The Balaban J connectivity index is 2.54. The highest BCUT2D eigenvalue weighted by molar-refractivity contribution is 5.60. The minimum atomic E-state index is -0.115. The summed E-state index contributed by atoms with van der Waals surface area (Å²) in [5.41, 5.74) is 9.49. The lowest BCUT2D eigenvalue weighted by Crippen LogP contribution is -2.42. The lowest BCUT2D eigenvalue weighted by atomic mass is 9.87. The molecule has 1 heterocycles. The van der Waals surface area contributed by atoms with Gasteiger partial charge in [-0.05, 0) is 25.8 Å². The fourth-order valence-corrected chi connectivity index (χ4v) is 2.33. The van der Waals surface area contributed by atoms with Gasteiger partial charge in [-0.2, -0.15) is 0 Å². The number of imidazole rings is 1. The van der Waals surface area contributed by atoms with E-state index in [0.717, 1.165) is 5.69 Å². The first-order valence-corrected chi connectivity index (χ1v) is 6.79. The Labute approximate surface area is 115 Å². The molecule has 1 atom stereocenters. The Bertz CT molecular complexity index is 557. The number of hydrogen-bond donors (Lipinski definition) is 1. The van der Waals surface area contributed by atoms with Gasteiger partial charge in [-0.3, -0.25) is 0 Å². The summed E-state index contributed by atoms with van der Waals surface area (Å²) in [4.78, 5) is 4.33. The smallest absolute Gasteiger partial charge is 0.0956 e. The summed E-state index contributed by atoms with van der Waals surface area (Å²) in [7, 11) is 0. The van der Waals surface area contributed by atoms with E-state index in [1.54, 1.807) is 0 Å². The Kier molecular flexibility index (Phi) is 3.76. The maximum absolute atomic E-state index is 6.03. The van der Waals surface area contributed by atoms with Gasteiger partial charge in [0.25, 0.3) is 0 Å². The predicted octanol–water partition coefficient (Wildman–Crippen LogP) is 3.19. The third kappa shape index (κ3) is 2.43. The van der Waals surface area contributed by atoms with Gasteiger partial charge in [-0.1, -0.05) is 37.6 Å². The van der Waals surface area contributed by atoms with Crippen molar-refractivity contribution in [3.63, 3.8) is 0 Å². The molecule has 2 rings (SSSR count). The van der Waals surface area contributed by atoms with E-state index in [9.17, 15) is 0 Å². The molecule has 0 saturated carbocycles. The van der Waals surface area contributed by atoms with Crippen LogP contribution >= 0.6 is 0 Å². The Hall–Kier alpha value is -1.61. The maximum Gasteiger partial charge on any atom is 0.0956 e. The van der Waals surface area contributed by atoms with Crippen LogP contribution in [0.15, 0.2) is 36.8 Å². The highest BCUT2D eigenvalue weighted by Gasteiger charge is 2.30. The van der Waals surface area contributed by atoms with Crippen molar-refractivity contribution in [2.45, 2.75) is 33.2 Å². The Morgan fingerprint density at radius 3 is 2.68 bits per heavy atom. The van der Waals surface area contributed by atoms with Crippen LogP contribution < -0.4 is 5.73 Å². The molecule has 1 aromatic carbocycles. The predicted molar refractivity (Wildman–Crippen MR) is 79.9 cm³/mol. The van der Waals surface area contributed by atoms with Crippen molar-refractivity contribution in [2.75, 3.05) is 6.54 Å². The third-order valence-corrected chi connectivity index (χ3v) is 4.16. The van der Waals surface area contributed by atoms with Gasteiger partial charge >= 0.3 is 0 Å². The molecule has 0 aliphatic carbocycles. The van der Waals surface area contributed by atoms with E-state index in [2.05, 4.69) is 61.5 Å². The fraction of sp³-hybridized carbons (Fsp3) is 0.438. The number of hydrogen-bond acceptors (Lipinski definition) is 2. The van der Waals surface area contributed by atoms with Crippen LogP contribution in [0.2, 0.25) is 0 Å². The van der Waals surface area contributed by atoms with Crippen molar-refractivity contribution in [3.05, 3.63) is 42.4 Å². The van der Waals surface area contributed by atoms with E-state index >= 15 is 0 Å². The van der Waals surface area contributed by atoms with Gasteiger partial charge in [0.15, 0.2) is 0 Å². The van der Waals surface area contributed by atoms with Gasteiger partial charge in [0.05, 0.1) is 23.8 Å². The number of aromatic nitrogens is 2. The monoisotopic (exact) mass is 257 g/mol. The average Bonchev–Trinajstić information content (AvgIpc) is 2.87. The number of benzene rings is 1. The van der Waals surface area contributed by atoms with Crippen LogP contribution in [0.25, 0.3) is 11.3 Å². The summed E-state index contributed by atoms with van der Waals surface area (Å²) in [6, 6.07) is 8.49. The van der Waals surface area contributed by atoms with E-state index in [4.69, 9.17) is 5.73 Å². The van der Waals surface area contributed by atoms with Crippen LogP contribution in [0.4, 0.5) is 0 Å². The summed E-state index contributed by atoms with van der Waals surface area (Å²) < 4.78 is 2.21. The third-order valence-electron chi connectivity index (χ3n) is 4.16. The standard InChI is InChI=1S/C16H23N3/c1-12(2)16(4,10-17)19-11-18-9-15(19)14-7-5-6-13(3)8-14/h5-9,11-12H,10,17H2,1-4H3. The Morgan fingerprint density at radius 2 is 2.11 bits per heavy atom. The first kappa shape index (κ1) is 13.8. The zero-order chi connectivity index (χ0) is 14.0. The molecule has 0 spiro atoms. The van der Waals surface area contributed by atoms with Gasteiger partial charge in [-0.15, -0.1) is 0 Å². The molecule has 2 N–H and O–H groups in total. The highest BCUT2D eigenvalue weighted by atomic mass is 15.1. The lowest BCUT2D eigenvalue weighted by molar-refractivity contribution is 0.233. The molecule has 0 fully saturated rings. The van der Waals surface area contributed by atoms with E-state index in [-0.39, 0.29) is 5.54 Å². The molecule has 2 aromatic rings. The normalized spacial score (nSPS) is 14.6. The second kappa shape index (κ2) is 5.17. The number of nitrogens with two attached hydrogens (primary N) is 1. The molecule has 3 nitrogen and oxygen atoms in total. The van der Waals surface area contributed by atoms with Crippen LogP contribution in [0, 0.1) is 12.8 Å². The molecule has 0 bridgehead atoms. The van der Waals surface area contributed by atoms with Crippen molar-refractivity contribution in [2.24, 2.45) is 11.7 Å². The number of aryl methyl sites for hydroxylation is 1. The highest BCUT2D eigenvalue weighted by Crippen LogP contribution is 2.31. The number of rotatable bonds is 4. The second-order valence-corrected chi connectivity index (χ2v) is 5.73. The topological polar surface area (TPSA) is 43.8 Å². The van der Waals surface area contributed by atoms with Crippen LogP contribution in [0.5, 0.6) is 0 Å². The maximum atomic E-state index is 6.03. The SMILES string of the molecule is Cc1cccc(-c2cncn2C(C)(CN)C(C)C)c1. The minimum Gasteiger partial charge on any atom is -0.328 e. The van der Waals surface area contributed by atoms with Crippen LogP contribution in [0.3, 0.4) is 0 Å². The van der Waals surface area contributed by atoms with E-state index in [0.29, 0.717) is 12.5 Å². The first-order valence-electron chi connectivity index (χ1n) is 6.79. The molecule has 0 aliphatic heterocycles. The van der Waals surface area contributed by atoms with Crippen molar-refractivity contribution >= 4 is 0 Å². The molecule has 19 heavy (non-hydrogen) atoms. The van der Waals surface area contributed by atoms with E-state index < -0.39 is 0 Å². The molecule has 102 valence electrons. The summed E-state index contributed by atoms with van der Waals surface area (Å²) in [5, 5.41) is 0. The summed E-state index contributed by atoms with van der Waals surface area (Å²) >= 11 is 0. The quantitative estimate of drug-likeness (QED) is 0.914. The van der Waals surface area contributed by atoms with Crippen molar-refractivity contribution in [1.29, 1.82) is 0 Å². The number of nitrogens with zero attached hydrogens (tertiary/aromatic N) is 2. The average molecular weight is 257 g/mol. The fourth-order valence-electron chi connectivity index (χ4n) is 2.33. The summed E-state index contributed by atoms with van der Waals surface area (Å²) in [6.07, 6.45) is 3.82. The molecule has 0 radical (unpaired) electrons. The van der Waals surface area contributed by atoms with Gasteiger partial charge in [0.2, 0.25) is 0 Å². The van der Waals surface area contributed by atoms with E-state index in [1.807, 2.05) is 12.5 Å². The van der Waals surface area contributed by atoms with Gasteiger partial charge < -0.3 is 10.3 Å². The molecular formula is C16H23N3. The van der Waals surface area contributed by atoms with Crippen molar-refractivity contribution in [1.82, 2.24) is 9.55 Å². The Morgan fingerprint density at radius 1 is 1.37 bits per heavy atom. The second-order valence-electron chi connectivity index (χ2n) is 5.73. The van der Waals surface area contributed by atoms with Gasteiger partial charge in [0, 0.05) is 12.1 Å². The summed E-state index contributed by atoms with van der Waals surface area (Å²) in [6.45, 7) is 9.30.